The molecule has 4 rings (SSSR count). The number of aryl methyl sites for hydroxylation is 1. The van der Waals surface area contributed by atoms with Crippen LogP contribution >= 0.6 is 12.4 Å². The Morgan fingerprint density at radius 3 is 2.42 bits per heavy atom. The second kappa shape index (κ2) is 10.7. The molecule has 1 aromatic heterocycles. The molecule has 0 N–H and O–H groups in total. The normalized spacial score (nSPS) is 15.5. The lowest BCUT2D eigenvalue weighted by Gasteiger charge is -2.40. The molecule has 0 saturated carbocycles. The van der Waals surface area contributed by atoms with E-state index in [-0.39, 0.29) is 18.4 Å². The predicted molar refractivity (Wildman–Crippen MR) is 125 cm³/mol. The minimum Gasteiger partial charge on any atom is -0.383 e. The average Bonchev–Trinajstić information content (AvgIpc) is 3.24. The maximum atomic E-state index is 5.25. The molecule has 1 aliphatic rings. The van der Waals surface area contributed by atoms with E-state index < -0.39 is 0 Å². The predicted octanol–water partition coefficient (Wildman–Crippen LogP) is 3.27. The number of anilines is 1. The molecule has 0 radical (unpaired) electrons. The Kier molecular flexibility index (Phi) is 8.01. The molecule has 2 heterocycles. The van der Waals surface area contributed by atoms with Crippen molar-refractivity contribution in [1.29, 1.82) is 0 Å². The smallest absolute Gasteiger partial charge is 0.173 e. The van der Waals surface area contributed by atoms with Crippen molar-refractivity contribution in [3.05, 3.63) is 71.0 Å². The molecular weight excluding hydrogens is 412 g/mol. The van der Waals surface area contributed by atoms with E-state index in [9.17, 15) is 0 Å². The Hall–Kier alpha value is -2.48. The molecule has 31 heavy (non-hydrogen) atoms. The topological polar surface area (TPSA) is 59.3 Å². The number of rotatable bonds is 7. The molecule has 166 valence electrons. The van der Waals surface area contributed by atoms with Gasteiger partial charge in [-0.3, -0.25) is 4.90 Å². The summed E-state index contributed by atoms with van der Waals surface area (Å²) in [5.74, 6) is 0.874. The monoisotopic (exact) mass is 442 g/mol. The number of halogens is 1. The van der Waals surface area contributed by atoms with E-state index in [1.165, 1.54) is 22.4 Å². The third kappa shape index (κ3) is 5.06. The van der Waals surface area contributed by atoms with Gasteiger partial charge in [-0.15, -0.1) is 17.5 Å². The van der Waals surface area contributed by atoms with E-state index in [2.05, 4.69) is 81.6 Å². The largest absolute Gasteiger partial charge is 0.383 e. The summed E-state index contributed by atoms with van der Waals surface area (Å²) in [7, 11) is 1.70. The van der Waals surface area contributed by atoms with Crippen molar-refractivity contribution in [2.75, 3.05) is 44.8 Å². The number of benzene rings is 2. The highest BCUT2D eigenvalue weighted by atomic mass is 35.5. The van der Waals surface area contributed by atoms with Gasteiger partial charge in [0.15, 0.2) is 5.82 Å². The fourth-order valence-corrected chi connectivity index (χ4v) is 4.20. The first kappa shape index (κ1) is 23.2. The van der Waals surface area contributed by atoms with Gasteiger partial charge in [-0.2, -0.15) is 0 Å². The number of ether oxygens (including phenoxy) is 1. The zero-order valence-electron chi connectivity index (χ0n) is 18.4. The standard InChI is InChI=1S/C23H30N6O.ClH/c1-18-8-7-11-21(19(18)2)27-12-14-28(15-13-27)22(20-9-5-4-6-10-20)23-24-25-26-29(23)16-17-30-3;/h4-11,22H,12-17H2,1-3H3;1H. The molecule has 8 heteroatoms. The molecule has 1 fully saturated rings. The van der Waals surface area contributed by atoms with Crippen molar-refractivity contribution < 1.29 is 4.74 Å². The van der Waals surface area contributed by atoms with Gasteiger partial charge in [-0.25, -0.2) is 4.68 Å². The highest BCUT2D eigenvalue weighted by Crippen LogP contribution is 2.30. The molecule has 1 aliphatic heterocycles. The molecule has 0 bridgehead atoms. The summed E-state index contributed by atoms with van der Waals surface area (Å²) >= 11 is 0. The van der Waals surface area contributed by atoms with Crippen molar-refractivity contribution in [2.24, 2.45) is 0 Å². The molecule has 0 amide bonds. The number of piperazine rings is 1. The SMILES string of the molecule is COCCn1nnnc1C(c1ccccc1)N1CCN(c2cccc(C)c2C)CC1.Cl. The number of nitrogens with zero attached hydrogens (tertiary/aromatic N) is 6. The fraction of sp³-hybridized carbons (Fsp3) is 0.435. The Bertz CT molecular complexity index is 956. The van der Waals surface area contributed by atoms with Gasteiger partial charge < -0.3 is 9.64 Å². The zero-order chi connectivity index (χ0) is 20.9. The van der Waals surface area contributed by atoms with E-state index in [1.807, 2.05) is 10.7 Å². The van der Waals surface area contributed by atoms with Crippen molar-refractivity contribution in [3.63, 3.8) is 0 Å². The first-order valence-corrected chi connectivity index (χ1v) is 10.5. The quantitative estimate of drug-likeness (QED) is 0.559. The summed E-state index contributed by atoms with van der Waals surface area (Å²) in [6.45, 7) is 9.48. The van der Waals surface area contributed by atoms with Gasteiger partial charge in [0.05, 0.1) is 19.2 Å². The third-order valence-electron chi connectivity index (χ3n) is 6.02. The highest BCUT2D eigenvalue weighted by Gasteiger charge is 2.30. The highest BCUT2D eigenvalue weighted by molar-refractivity contribution is 5.85. The van der Waals surface area contributed by atoms with Crippen LogP contribution in [-0.2, 0) is 11.3 Å². The zero-order valence-corrected chi connectivity index (χ0v) is 19.3. The fourth-order valence-electron chi connectivity index (χ4n) is 4.20. The number of hydrogen-bond acceptors (Lipinski definition) is 6. The second-order valence-electron chi connectivity index (χ2n) is 7.81. The minimum absolute atomic E-state index is 0. The number of methoxy groups -OCH3 is 1. The van der Waals surface area contributed by atoms with Gasteiger partial charge in [0.1, 0.15) is 0 Å². The summed E-state index contributed by atoms with van der Waals surface area (Å²) in [6, 6.07) is 17.1. The maximum absolute atomic E-state index is 5.25. The Balaban J connectivity index is 0.00000272. The van der Waals surface area contributed by atoms with Crippen LogP contribution in [0.2, 0.25) is 0 Å². The Morgan fingerprint density at radius 1 is 0.968 bits per heavy atom. The molecule has 3 aromatic rings. The van der Waals surface area contributed by atoms with E-state index in [4.69, 9.17) is 4.74 Å². The number of tetrazole rings is 1. The van der Waals surface area contributed by atoms with Gasteiger partial charge in [-0.1, -0.05) is 42.5 Å². The molecule has 1 atom stereocenters. The van der Waals surface area contributed by atoms with E-state index in [0.29, 0.717) is 13.2 Å². The molecular formula is C23H31ClN6O. The first-order valence-electron chi connectivity index (χ1n) is 10.5. The average molecular weight is 443 g/mol. The molecule has 7 nitrogen and oxygen atoms in total. The van der Waals surface area contributed by atoms with Crippen molar-refractivity contribution in [1.82, 2.24) is 25.1 Å². The van der Waals surface area contributed by atoms with Gasteiger partial charge in [0, 0.05) is 39.0 Å². The van der Waals surface area contributed by atoms with Crippen molar-refractivity contribution in [3.8, 4) is 0 Å². The minimum atomic E-state index is 0. The van der Waals surface area contributed by atoms with Crippen molar-refractivity contribution in [2.45, 2.75) is 26.4 Å². The van der Waals surface area contributed by atoms with Crippen LogP contribution in [0.4, 0.5) is 5.69 Å². The van der Waals surface area contributed by atoms with Crippen LogP contribution in [0.1, 0.15) is 28.6 Å². The maximum Gasteiger partial charge on any atom is 0.173 e. The third-order valence-corrected chi connectivity index (χ3v) is 6.02. The van der Waals surface area contributed by atoms with Crippen LogP contribution in [0.3, 0.4) is 0 Å². The van der Waals surface area contributed by atoms with Crippen molar-refractivity contribution >= 4 is 18.1 Å². The lowest BCUT2D eigenvalue weighted by atomic mass is 10.0. The first-order chi connectivity index (χ1) is 14.7. The lowest BCUT2D eigenvalue weighted by Crippen LogP contribution is -2.48. The van der Waals surface area contributed by atoms with Crippen LogP contribution in [0.15, 0.2) is 48.5 Å². The van der Waals surface area contributed by atoms with E-state index in [1.54, 1.807) is 7.11 Å². The lowest BCUT2D eigenvalue weighted by molar-refractivity contribution is 0.171. The Labute approximate surface area is 190 Å². The van der Waals surface area contributed by atoms with Crippen LogP contribution in [0, 0.1) is 13.8 Å². The number of hydrogen-bond donors (Lipinski definition) is 0. The summed E-state index contributed by atoms with van der Waals surface area (Å²) in [6.07, 6.45) is 0. The van der Waals surface area contributed by atoms with Crippen LogP contribution in [0.25, 0.3) is 0 Å². The van der Waals surface area contributed by atoms with Gasteiger partial charge in [0.2, 0.25) is 0 Å². The van der Waals surface area contributed by atoms with Crippen LogP contribution < -0.4 is 4.90 Å². The molecule has 2 aromatic carbocycles. The van der Waals surface area contributed by atoms with Crippen LogP contribution in [-0.4, -0.2) is 65.0 Å². The van der Waals surface area contributed by atoms with Crippen LogP contribution in [0.5, 0.6) is 0 Å². The second-order valence-corrected chi connectivity index (χ2v) is 7.81. The van der Waals surface area contributed by atoms with Gasteiger partial charge >= 0.3 is 0 Å². The Morgan fingerprint density at radius 2 is 1.71 bits per heavy atom. The van der Waals surface area contributed by atoms with Gasteiger partial charge in [-0.05, 0) is 47.0 Å². The number of aromatic nitrogens is 4. The van der Waals surface area contributed by atoms with E-state index >= 15 is 0 Å². The molecule has 0 spiro atoms. The molecule has 1 saturated heterocycles. The van der Waals surface area contributed by atoms with E-state index in [0.717, 1.165) is 32.0 Å². The summed E-state index contributed by atoms with van der Waals surface area (Å²) in [5, 5.41) is 12.6. The molecule has 0 aliphatic carbocycles. The molecule has 1 unspecified atom stereocenters. The van der Waals surface area contributed by atoms with Gasteiger partial charge in [0.25, 0.3) is 0 Å². The summed E-state index contributed by atoms with van der Waals surface area (Å²) in [4.78, 5) is 4.99. The summed E-state index contributed by atoms with van der Waals surface area (Å²) < 4.78 is 7.12. The summed E-state index contributed by atoms with van der Waals surface area (Å²) in [5.41, 5.74) is 5.27.